The summed E-state index contributed by atoms with van der Waals surface area (Å²) in [5, 5.41) is 8.41. The second-order valence-corrected chi connectivity index (χ2v) is 6.16. The average Bonchev–Trinajstić information content (AvgIpc) is 2.71. The van der Waals surface area contributed by atoms with Gasteiger partial charge in [-0.05, 0) is 23.8 Å². The summed E-state index contributed by atoms with van der Waals surface area (Å²) in [4.78, 5) is 25.4. The van der Waals surface area contributed by atoms with Gasteiger partial charge in [0.25, 0.3) is 5.56 Å². The topological polar surface area (TPSA) is 64.0 Å². The van der Waals surface area contributed by atoms with E-state index < -0.39 is 0 Å². The Hall–Kier alpha value is -3.73. The number of carbonyl (C=O) groups is 1. The molecule has 0 aliphatic heterocycles. The zero-order valence-electron chi connectivity index (χ0n) is 14.5. The van der Waals surface area contributed by atoms with Crippen molar-refractivity contribution in [2.24, 2.45) is 0 Å². The molecule has 132 valence electrons. The number of hydrogen-bond acceptors (Lipinski definition) is 3. The molecule has 3 aromatic carbocycles. The third kappa shape index (κ3) is 3.48. The molecule has 27 heavy (non-hydrogen) atoms. The monoisotopic (exact) mass is 355 g/mol. The van der Waals surface area contributed by atoms with Crippen molar-refractivity contribution >= 4 is 22.5 Å². The molecule has 0 bridgehead atoms. The first-order valence-corrected chi connectivity index (χ1v) is 8.63. The SMILES string of the molecule is O=C(Cc1ccccc1)Nc1nn(-c2ccccc2)c(=O)c2ccccc12. The van der Waals surface area contributed by atoms with Crippen molar-refractivity contribution in [3.63, 3.8) is 0 Å². The molecule has 4 rings (SSSR count). The predicted octanol–water partition coefficient (Wildman–Crippen LogP) is 3.57. The summed E-state index contributed by atoms with van der Waals surface area (Å²) in [6.07, 6.45) is 0.237. The molecule has 0 aliphatic rings. The van der Waals surface area contributed by atoms with Gasteiger partial charge < -0.3 is 5.32 Å². The molecule has 0 atom stereocenters. The molecule has 1 aromatic heterocycles. The van der Waals surface area contributed by atoms with Gasteiger partial charge in [0.2, 0.25) is 5.91 Å². The van der Waals surface area contributed by atoms with Crippen molar-refractivity contribution in [3.8, 4) is 5.69 Å². The van der Waals surface area contributed by atoms with Gasteiger partial charge in [-0.25, -0.2) is 0 Å². The fourth-order valence-electron chi connectivity index (χ4n) is 2.98. The highest BCUT2D eigenvalue weighted by Crippen LogP contribution is 2.19. The van der Waals surface area contributed by atoms with Crippen molar-refractivity contribution in [1.29, 1.82) is 0 Å². The Bertz CT molecular complexity index is 1150. The lowest BCUT2D eigenvalue weighted by atomic mass is 10.1. The summed E-state index contributed by atoms with van der Waals surface area (Å²) < 4.78 is 1.32. The lowest BCUT2D eigenvalue weighted by Gasteiger charge is -2.12. The summed E-state index contributed by atoms with van der Waals surface area (Å²) in [6.45, 7) is 0. The Balaban J connectivity index is 1.77. The maximum absolute atomic E-state index is 12.8. The first-order chi connectivity index (χ1) is 13.2. The van der Waals surface area contributed by atoms with E-state index in [0.717, 1.165) is 5.56 Å². The van der Waals surface area contributed by atoms with Crippen molar-refractivity contribution in [2.75, 3.05) is 5.32 Å². The van der Waals surface area contributed by atoms with Crippen LogP contribution >= 0.6 is 0 Å². The van der Waals surface area contributed by atoms with E-state index in [1.54, 1.807) is 30.3 Å². The number of aromatic nitrogens is 2. The number of carbonyl (C=O) groups excluding carboxylic acids is 1. The van der Waals surface area contributed by atoms with Gasteiger partial charge >= 0.3 is 0 Å². The molecule has 0 saturated heterocycles. The number of benzene rings is 3. The van der Waals surface area contributed by atoms with Crippen LogP contribution in [0.3, 0.4) is 0 Å². The number of para-hydroxylation sites is 1. The molecule has 4 aromatic rings. The minimum Gasteiger partial charge on any atom is -0.308 e. The molecular weight excluding hydrogens is 338 g/mol. The van der Waals surface area contributed by atoms with E-state index in [9.17, 15) is 9.59 Å². The lowest BCUT2D eigenvalue weighted by molar-refractivity contribution is -0.115. The highest BCUT2D eigenvalue weighted by molar-refractivity contribution is 6.00. The van der Waals surface area contributed by atoms with Gasteiger partial charge in [0.05, 0.1) is 17.5 Å². The van der Waals surface area contributed by atoms with Gasteiger partial charge in [-0.1, -0.05) is 66.7 Å². The first kappa shape index (κ1) is 16.7. The first-order valence-electron chi connectivity index (χ1n) is 8.63. The van der Waals surface area contributed by atoms with E-state index in [-0.39, 0.29) is 17.9 Å². The number of nitrogens with one attached hydrogen (secondary N) is 1. The Kier molecular flexibility index (Phi) is 4.49. The summed E-state index contributed by atoms with van der Waals surface area (Å²) in [5.74, 6) is 0.187. The summed E-state index contributed by atoms with van der Waals surface area (Å²) in [6, 6.07) is 25.8. The highest BCUT2D eigenvalue weighted by Gasteiger charge is 2.14. The van der Waals surface area contributed by atoms with E-state index in [1.165, 1.54) is 4.68 Å². The molecule has 0 aliphatic carbocycles. The van der Waals surface area contributed by atoms with Crippen LogP contribution in [0.15, 0.2) is 89.7 Å². The van der Waals surface area contributed by atoms with E-state index in [0.29, 0.717) is 22.3 Å². The number of rotatable bonds is 4. The molecule has 1 N–H and O–H groups in total. The van der Waals surface area contributed by atoms with Gasteiger partial charge in [-0.3, -0.25) is 9.59 Å². The van der Waals surface area contributed by atoms with Crippen molar-refractivity contribution in [1.82, 2.24) is 9.78 Å². The van der Waals surface area contributed by atoms with Crippen LogP contribution in [0.25, 0.3) is 16.5 Å². The minimum absolute atomic E-state index is 0.183. The van der Waals surface area contributed by atoms with Crippen molar-refractivity contribution in [3.05, 3.63) is 101 Å². The second kappa shape index (κ2) is 7.25. The predicted molar refractivity (Wildman–Crippen MR) is 106 cm³/mol. The molecule has 0 fully saturated rings. The van der Waals surface area contributed by atoms with Crippen LogP contribution < -0.4 is 10.9 Å². The maximum atomic E-state index is 12.8. The van der Waals surface area contributed by atoms with E-state index in [4.69, 9.17) is 0 Å². The molecule has 5 nitrogen and oxygen atoms in total. The lowest BCUT2D eigenvalue weighted by Crippen LogP contribution is -2.25. The third-order valence-corrected chi connectivity index (χ3v) is 4.27. The van der Waals surface area contributed by atoms with Crippen LogP contribution in [-0.4, -0.2) is 15.7 Å². The molecular formula is C22H17N3O2. The number of anilines is 1. The van der Waals surface area contributed by atoms with Gasteiger partial charge in [0.1, 0.15) is 0 Å². The largest absolute Gasteiger partial charge is 0.308 e. The Labute approximate surface area is 155 Å². The normalized spacial score (nSPS) is 10.7. The third-order valence-electron chi connectivity index (χ3n) is 4.27. The molecule has 5 heteroatoms. The quantitative estimate of drug-likeness (QED) is 0.609. The minimum atomic E-state index is -0.224. The second-order valence-electron chi connectivity index (χ2n) is 6.16. The van der Waals surface area contributed by atoms with Crippen LogP contribution in [0.4, 0.5) is 5.82 Å². The molecule has 1 heterocycles. The van der Waals surface area contributed by atoms with Gasteiger partial charge in [0.15, 0.2) is 5.82 Å². The van der Waals surface area contributed by atoms with Crippen LogP contribution in [0.5, 0.6) is 0 Å². The zero-order valence-corrected chi connectivity index (χ0v) is 14.5. The van der Waals surface area contributed by atoms with Crippen LogP contribution in [0.2, 0.25) is 0 Å². The average molecular weight is 355 g/mol. The zero-order chi connectivity index (χ0) is 18.6. The van der Waals surface area contributed by atoms with Crippen LogP contribution in [-0.2, 0) is 11.2 Å². The van der Waals surface area contributed by atoms with E-state index in [1.807, 2.05) is 54.6 Å². The number of hydrogen-bond donors (Lipinski definition) is 1. The van der Waals surface area contributed by atoms with Crippen LogP contribution in [0.1, 0.15) is 5.56 Å². The Morgan fingerprint density at radius 2 is 1.41 bits per heavy atom. The number of fused-ring (bicyclic) bond motifs is 1. The Morgan fingerprint density at radius 3 is 2.11 bits per heavy atom. The molecule has 0 spiro atoms. The Morgan fingerprint density at radius 1 is 0.815 bits per heavy atom. The van der Waals surface area contributed by atoms with Crippen molar-refractivity contribution in [2.45, 2.75) is 6.42 Å². The summed E-state index contributed by atoms with van der Waals surface area (Å²) in [5.41, 5.74) is 1.33. The van der Waals surface area contributed by atoms with Crippen molar-refractivity contribution < 1.29 is 4.79 Å². The number of nitrogens with zero attached hydrogens (tertiary/aromatic N) is 2. The summed E-state index contributed by atoms with van der Waals surface area (Å²) >= 11 is 0. The standard InChI is InChI=1S/C22H17N3O2/c26-20(15-16-9-3-1-4-10-16)23-21-18-13-7-8-14-19(18)22(27)25(24-21)17-11-5-2-6-12-17/h1-14H,15H2,(H,23,24,26). The molecule has 0 unspecified atom stereocenters. The van der Waals surface area contributed by atoms with E-state index in [2.05, 4.69) is 10.4 Å². The summed E-state index contributed by atoms with van der Waals surface area (Å²) in [7, 11) is 0. The highest BCUT2D eigenvalue weighted by atomic mass is 16.2. The van der Waals surface area contributed by atoms with Gasteiger partial charge in [-0.15, -0.1) is 5.10 Å². The molecule has 1 amide bonds. The van der Waals surface area contributed by atoms with Gasteiger partial charge in [-0.2, -0.15) is 4.68 Å². The fourth-order valence-corrected chi connectivity index (χ4v) is 2.98. The molecule has 0 radical (unpaired) electrons. The smallest absolute Gasteiger partial charge is 0.279 e. The molecule has 0 saturated carbocycles. The number of amides is 1. The van der Waals surface area contributed by atoms with Gasteiger partial charge in [0, 0.05) is 5.39 Å². The van der Waals surface area contributed by atoms with E-state index >= 15 is 0 Å². The fraction of sp³-hybridized carbons (Fsp3) is 0.0455. The van der Waals surface area contributed by atoms with Crippen LogP contribution in [0, 0.1) is 0 Å². The maximum Gasteiger partial charge on any atom is 0.279 e.